The Kier molecular flexibility index (Phi) is 6.58. The van der Waals surface area contributed by atoms with Gasteiger partial charge in [0.2, 0.25) is 0 Å². The summed E-state index contributed by atoms with van der Waals surface area (Å²) >= 11 is 0. The van der Waals surface area contributed by atoms with Crippen LogP contribution < -0.4 is 4.74 Å². The molecule has 1 aliphatic carbocycles. The Labute approximate surface area is 261 Å². The van der Waals surface area contributed by atoms with Gasteiger partial charge >= 0.3 is 21.1 Å². The number of hydrogen-bond donors (Lipinski definition) is 0. The van der Waals surface area contributed by atoms with Crippen LogP contribution in [0.15, 0.2) is 59.7 Å². The summed E-state index contributed by atoms with van der Waals surface area (Å²) in [7, 11) is 0. The quantitative estimate of drug-likeness (QED) is 0.175. The van der Waals surface area contributed by atoms with E-state index in [1.54, 1.807) is 0 Å². The minimum Gasteiger partial charge on any atom is -0.518 e. The number of benzene rings is 3. The van der Waals surface area contributed by atoms with Crippen LogP contribution in [-0.2, 0) is 31.2 Å². The van der Waals surface area contributed by atoms with Gasteiger partial charge in [0, 0.05) is 28.5 Å². The van der Waals surface area contributed by atoms with Gasteiger partial charge < -0.3 is 14.0 Å². The number of hydrogen-bond acceptors (Lipinski definition) is 4. The van der Waals surface area contributed by atoms with Crippen molar-refractivity contribution < 1.29 is 30.5 Å². The molecule has 0 spiro atoms. The van der Waals surface area contributed by atoms with Gasteiger partial charge in [-0.1, -0.05) is 82.1 Å². The summed E-state index contributed by atoms with van der Waals surface area (Å²) in [4.78, 5) is 9.79. The second-order valence-electron chi connectivity index (χ2n) is 12.5. The van der Waals surface area contributed by atoms with E-state index >= 15 is 0 Å². The van der Waals surface area contributed by atoms with E-state index in [-0.39, 0.29) is 32.5 Å². The van der Waals surface area contributed by atoms with Gasteiger partial charge in [-0.3, -0.25) is 4.99 Å². The molecule has 1 atom stereocenters. The van der Waals surface area contributed by atoms with Gasteiger partial charge in [-0.25, -0.2) is 4.98 Å². The van der Waals surface area contributed by atoms with Crippen molar-refractivity contribution in [1.29, 1.82) is 0 Å². The van der Waals surface area contributed by atoms with Gasteiger partial charge in [-0.05, 0) is 41.9 Å². The van der Waals surface area contributed by atoms with Gasteiger partial charge in [0.15, 0.2) is 0 Å². The largest absolute Gasteiger partial charge is 2.00 e. The molecular formula is C36H33N3O2Pt. The fourth-order valence-corrected chi connectivity index (χ4v) is 7.22. The van der Waals surface area contributed by atoms with Crippen LogP contribution in [0.2, 0.25) is 0 Å². The summed E-state index contributed by atoms with van der Waals surface area (Å²) in [5, 5.41) is 2.36. The van der Waals surface area contributed by atoms with Crippen molar-refractivity contribution in [3.63, 3.8) is 0 Å². The normalized spacial score (nSPS) is 19.0. The molecule has 0 bridgehead atoms. The number of para-hydroxylation sites is 1. The third kappa shape index (κ3) is 4.15. The molecule has 4 heterocycles. The average Bonchev–Trinajstić information content (AvgIpc) is 3.72. The van der Waals surface area contributed by atoms with Crippen molar-refractivity contribution in [2.24, 2.45) is 10.9 Å². The Morgan fingerprint density at radius 2 is 1.79 bits per heavy atom. The summed E-state index contributed by atoms with van der Waals surface area (Å²) in [6.45, 7) is 9.43. The summed E-state index contributed by atoms with van der Waals surface area (Å²) < 4.78 is 14.9. The van der Waals surface area contributed by atoms with Crippen LogP contribution in [0.5, 0.6) is 11.5 Å². The zero-order valence-corrected chi connectivity index (χ0v) is 26.6. The van der Waals surface area contributed by atoms with Gasteiger partial charge in [0.05, 0.1) is 18.2 Å². The molecule has 5 aromatic rings. The first kappa shape index (κ1) is 27.4. The Balaban J connectivity index is 0.00000288. The molecule has 0 amide bonds. The van der Waals surface area contributed by atoms with E-state index in [0.717, 1.165) is 33.4 Å². The fourth-order valence-electron chi connectivity index (χ4n) is 7.22. The molecule has 5 nitrogen and oxygen atoms in total. The van der Waals surface area contributed by atoms with Crippen molar-refractivity contribution in [2.75, 3.05) is 6.61 Å². The third-order valence-corrected chi connectivity index (χ3v) is 9.37. The molecule has 2 aliphatic heterocycles. The second kappa shape index (κ2) is 10.1. The molecule has 8 rings (SSSR count). The van der Waals surface area contributed by atoms with Crippen LogP contribution >= 0.6 is 0 Å². The minimum atomic E-state index is -0.199. The predicted octanol–water partition coefficient (Wildman–Crippen LogP) is 8.16. The molecule has 2 aromatic heterocycles. The number of rotatable bonds is 4. The maximum atomic E-state index is 6.57. The van der Waals surface area contributed by atoms with E-state index in [4.69, 9.17) is 19.5 Å². The number of nitrogens with zero attached hydrogens (tertiary/aromatic N) is 3. The first-order valence-electron chi connectivity index (χ1n) is 14.8. The zero-order valence-electron chi connectivity index (χ0n) is 24.4. The number of ether oxygens (including phenoxy) is 2. The standard InChI is InChI=1S/C36H33N3O2.Pt/c1-21-15-24(35-38-30(20-40-35)23-9-5-6-10-23)18-25(16-21)41-32-19-31-29(17-22(32)2)36(3,4)28-13-7-11-26-27-12-8-14-37-34(27)39(31)33(26)28;/h7-8,11-17,23,30H,5-6,9-10,20H2,1-4H3;/q-2;+2/t30-;/m0./s1. The molecule has 0 unspecified atom stereocenters. The topological polar surface area (TPSA) is 48.6 Å². The van der Waals surface area contributed by atoms with Crippen molar-refractivity contribution in [1.82, 2.24) is 9.55 Å². The van der Waals surface area contributed by atoms with Gasteiger partial charge in [-0.2, -0.15) is 6.07 Å². The summed E-state index contributed by atoms with van der Waals surface area (Å²) in [6.07, 6.45) is 6.98. The van der Waals surface area contributed by atoms with Crippen molar-refractivity contribution >= 4 is 27.8 Å². The van der Waals surface area contributed by atoms with Gasteiger partial charge in [-0.15, -0.1) is 28.8 Å². The fraction of sp³-hybridized carbons (Fsp3) is 0.333. The molecule has 0 N–H and O–H groups in total. The van der Waals surface area contributed by atoms with E-state index < -0.39 is 0 Å². The predicted molar refractivity (Wildman–Crippen MR) is 163 cm³/mol. The van der Waals surface area contributed by atoms with Crippen LogP contribution in [0.3, 0.4) is 0 Å². The Bertz CT molecular complexity index is 1900. The van der Waals surface area contributed by atoms with Crippen LogP contribution in [0, 0.1) is 31.9 Å². The van der Waals surface area contributed by atoms with Crippen LogP contribution in [-0.4, -0.2) is 28.1 Å². The molecule has 42 heavy (non-hydrogen) atoms. The number of pyridine rings is 1. The number of aliphatic imine (C=N–C) groups is 1. The molecule has 214 valence electrons. The molecule has 1 saturated carbocycles. The summed E-state index contributed by atoms with van der Waals surface area (Å²) in [5.41, 5.74) is 8.41. The average molecular weight is 735 g/mol. The van der Waals surface area contributed by atoms with Crippen molar-refractivity contribution in [3.05, 3.63) is 94.7 Å². The number of aryl methyl sites for hydroxylation is 2. The van der Waals surface area contributed by atoms with E-state index in [0.29, 0.717) is 29.9 Å². The zero-order chi connectivity index (χ0) is 27.9. The van der Waals surface area contributed by atoms with Crippen LogP contribution in [0.4, 0.5) is 0 Å². The van der Waals surface area contributed by atoms with Crippen molar-refractivity contribution in [2.45, 2.75) is 64.8 Å². The van der Waals surface area contributed by atoms with E-state index in [2.05, 4.69) is 80.8 Å². The van der Waals surface area contributed by atoms with Gasteiger partial charge in [0.25, 0.3) is 0 Å². The monoisotopic (exact) mass is 734 g/mol. The Morgan fingerprint density at radius 1 is 0.976 bits per heavy atom. The molecular weight excluding hydrogens is 701 g/mol. The SMILES string of the molecule is Cc1cc(Oc2[c-]c3c(cc2C)C(C)(C)c2cccc4c5cccnc5n-3c24)[c-]c(C2=N[C@H](C3CCCC3)CO2)c1.[Pt+2]. The Hall–Kier alpha value is -3.43. The van der Waals surface area contributed by atoms with Crippen molar-refractivity contribution in [3.8, 4) is 17.2 Å². The minimum absolute atomic E-state index is 0. The molecule has 0 saturated heterocycles. The molecule has 0 radical (unpaired) electrons. The smallest absolute Gasteiger partial charge is 0.518 e. The first-order valence-corrected chi connectivity index (χ1v) is 14.8. The first-order chi connectivity index (χ1) is 19.9. The third-order valence-electron chi connectivity index (χ3n) is 9.37. The molecule has 3 aromatic carbocycles. The molecule has 6 heteroatoms. The number of aromatic nitrogens is 2. The summed E-state index contributed by atoms with van der Waals surface area (Å²) in [6, 6.07) is 24.5. The van der Waals surface area contributed by atoms with E-state index in [1.807, 2.05) is 18.3 Å². The molecule has 1 fully saturated rings. The number of fused-ring (bicyclic) bond motifs is 5. The van der Waals surface area contributed by atoms with Crippen LogP contribution in [0.25, 0.3) is 27.6 Å². The molecule has 3 aliphatic rings. The Morgan fingerprint density at radius 3 is 2.62 bits per heavy atom. The maximum Gasteiger partial charge on any atom is 2.00 e. The van der Waals surface area contributed by atoms with Gasteiger partial charge in [0.1, 0.15) is 11.5 Å². The van der Waals surface area contributed by atoms with E-state index in [1.165, 1.54) is 47.7 Å². The second-order valence-corrected chi connectivity index (χ2v) is 12.5. The maximum absolute atomic E-state index is 6.57. The van der Waals surface area contributed by atoms with E-state index in [9.17, 15) is 0 Å². The van der Waals surface area contributed by atoms with Crippen LogP contribution in [0.1, 0.15) is 67.3 Å². The summed E-state index contributed by atoms with van der Waals surface area (Å²) in [5.74, 6) is 2.66.